The zero-order chi connectivity index (χ0) is 21.2. The normalized spacial score (nSPS) is 12.5. The molecule has 3 rings (SSSR count). The Labute approximate surface area is 208 Å². The smallest absolute Gasteiger partial charge is 0.395 e. The number of rotatable bonds is 4. The van der Waals surface area contributed by atoms with E-state index in [1.54, 1.807) is 72.8 Å². The fourth-order valence-electron chi connectivity index (χ4n) is 2.59. The van der Waals surface area contributed by atoms with Crippen LogP contribution in [-0.2, 0) is 8.98 Å². The van der Waals surface area contributed by atoms with Crippen molar-refractivity contribution in [1.82, 2.24) is 0 Å². The molecule has 0 spiro atoms. The molecule has 3 aromatic carbocycles. The average molecular weight is 754 g/mol. The second kappa shape index (κ2) is 9.30. The third kappa shape index (κ3) is 5.21. The largest absolute Gasteiger partial charge is 0.491 e. The van der Waals surface area contributed by atoms with E-state index in [-0.39, 0.29) is 0 Å². The molecule has 0 N–H and O–H groups in total. The fourth-order valence-corrected chi connectivity index (χ4v) is 6.66. The van der Waals surface area contributed by atoms with Crippen molar-refractivity contribution in [2.75, 3.05) is 0 Å². The summed E-state index contributed by atoms with van der Waals surface area (Å²) < 4.78 is 47.9. The average Bonchev–Trinajstić information content (AvgIpc) is 2.67. The van der Waals surface area contributed by atoms with Crippen LogP contribution in [0.25, 0.3) is 0 Å². The first-order chi connectivity index (χ1) is 13.6. The van der Waals surface area contributed by atoms with Gasteiger partial charge < -0.3 is 4.18 Å². The highest BCUT2D eigenvalue weighted by molar-refractivity contribution is 14.1. The first-order valence-corrected chi connectivity index (χ1v) is 12.8. The second-order valence-electron chi connectivity index (χ2n) is 5.79. The van der Waals surface area contributed by atoms with Crippen molar-refractivity contribution in [3.8, 4) is 0 Å². The van der Waals surface area contributed by atoms with E-state index >= 15 is 0 Å². The van der Waals surface area contributed by atoms with E-state index in [1.807, 2.05) is 0 Å². The molecule has 0 aliphatic rings. The predicted octanol–water partition coefficient (Wildman–Crippen LogP) is 7.80. The standard InChI is InChI=1S/C20H12F3I3O2S/c21-20(22,23)19(27)28-29(16-7-1-13(24)2-8-16,17-9-3-14(25)4-10-17)18-11-5-15(26)6-12-18/h1-12H. The van der Waals surface area contributed by atoms with Crippen LogP contribution in [0.3, 0.4) is 0 Å². The zero-order valence-corrected chi connectivity index (χ0v) is 21.7. The maximum atomic E-state index is 13.3. The van der Waals surface area contributed by atoms with Crippen LogP contribution in [0.15, 0.2) is 87.5 Å². The molecule has 152 valence electrons. The number of benzene rings is 3. The Kier molecular flexibility index (Phi) is 7.42. The van der Waals surface area contributed by atoms with Gasteiger partial charge in [-0.2, -0.15) is 13.2 Å². The number of carbonyl (C=O) groups is 1. The van der Waals surface area contributed by atoms with Gasteiger partial charge in [0.25, 0.3) is 0 Å². The van der Waals surface area contributed by atoms with Gasteiger partial charge in [-0.1, -0.05) is 0 Å². The summed E-state index contributed by atoms with van der Waals surface area (Å²) in [5.74, 6) is -2.21. The summed E-state index contributed by atoms with van der Waals surface area (Å²) in [4.78, 5) is 13.6. The molecule has 0 aromatic heterocycles. The van der Waals surface area contributed by atoms with Crippen LogP contribution in [0.1, 0.15) is 0 Å². The van der Waals surface area contributed by atoms with Crippen LogP contribution in [0.2, 0.25) is 0 Å². The van der Waals surface area contributed by atoms with Crippen LogP contribution < -0.4 is 0 Å². The molecule has 0 aliphatic carbocycles. The molecule has 0 bridgehead atoms. The summed E-state index contributed by atoms with van der Waals surface area (Å²) in [5, 5.41) is 0. The van der Waals surface area contributed by atoms with Crippen molar-refractivity contribution in [1.29, 1.82) is 0 Å². The molecule has 0 saturated carbocycles. The van der Waals surface area contributed by atoms with Gasteiger partial charge in [-0.25, -0.2) is 4.79 Å². The second-order valence-corrected chi connectivity index (χ2v) is 12.2. The number of hydrogen-bond donors (Lipinski definition) is 0. The van der Waals surface area contributed by atoms with Gasteiger partial charge in [-0.15, -0.1) is 0 Å². The van der Waals surface area contributed by atoms with Crippen molar-refractivity contribution in [2.24, 2.45) is 0 Å². The van der Waals surface area contributed by atoms with Gasteiger partial charge in [-0.05, 0) is 151 Å². The van der Waals surface area contributed by atoms with Crippen LogP contribution in [0.4, 0.5) is 13.2 Å². The summed E-state index contributed by atoms with van der Waals surface area (Å²) in [6.45, 7) is 0. The van der Waals surface area contributed by atoms with Crippen molar-refractivity contribution >= 4 is 84.1 Å². The van der Waals surface area contributed by atoms with Crippen LogP contribution in [0.5, 0.6) is 0 Å². The molecule has 3 aromatic rings. The number of carbonyl (C=O) groups excluding carboxylic acids is 1. The molecule has 0 heterocycles. The van der Waals surface area contributed by atoms with Gasteiger partial charge in [0.2, 0.25) is 0 Å². The lowest BCUT2D eigenvalue weighted by atomic mass is 10.4. The molecule has 0 fully saturated rings. The lowest BCUT2D eigenvalue weighted by Crippen LogP contribution is -2.27. The van der Waals surface area contributed by atoms with Gasteiger partial charge in [0.05, 0.1) is 0 Å². The first kappa shape index (κ1) is 23.1. The topological polar surface area (TPSA) is 26.3 Å². The van der Waals surface area contributed by atoms with E-state index in [9.17, 15) is 18.0 Å². The summed E-state index contributed by atoms with van der Waals surface area (Å²) in [7, 11) is -2.94. The minimum absolute atomic E-state index is 0.512. The molecule has 2 nitrogen and oxygen atoms in total. The Morgan fingerprint density at radius 1 is 0.655 bits per heavy atom. The Hall–Kier alpha value is -0.540. The Morgan fingerprint density at radius 2 is 0.931 bits per heavy atom. The Balaban J connectivity index is 2.33. The highest BCUT2D eigenvalue weighted by atomic mass is 127. The maximum absolute atomic E-state index is 13.3. The van der Waals surface area contributed by atoms with E-state index in [0.717, 1.165) is 10.7 Å². The van der Waals surface area contributed by atoms with E-state index < -0.39 is 22.5 Å². The number of halogens is 6. The lowest BCUT2D eigenvalue weighted by molar-refractivity contribution is -0.188. The summed E-state index contributed by atoms with van der Waals surface area (Å²) >= 11 is 6.36. The van der Waals surface area contributed by atoms with E-state index in [0.29, 0.717) is 14.7 Å². The third-order valence-corrected chi connectivity index (χ3v) is 9.24. The molecule has 0 atom stereocenters. The van der Waals surface area contributed by atoms with E-state index in [2.05, 4.69) is 67.8 Å². The van der Waals surface area contributed by atoms with Gasteiger partial charge in [0, 0.05) is 25.4 Å². The van der Waals surface area contributed by atoms with Gasteiger partial charge in [0.1, 0.15) is 0 Å². The third-order valence-electron chi connectivity index (χ3n) is 3.87. The van der Waals surface area contributed by atoms with Gasteiger partial charge in [-0.3, -0.25) is 0 Å². The number of hydrogen-bond acceptors (Lipinski definition) is 2. The highest BCUT2D eigenvalue weighted by Gasteiger charge is 2.47. The maximum Gasteiger partial charge on any atom is 0.491 e. The van der Waals surface area contributed by atoms with Gasteiger partial charge in [0.15, 0.2) is 0 Å². The molecule has 0 aliphatic heterocycles. The molecule has 0 amide bonds. The molecular weight excluding hydrogens is 742 g/mol. The molecular formula is C20H12F3I3O2S. The van der Waals surface area contributed by atoms with Crippen molar-refractivity contribution in [3.63, 3.8) is 0 Å². The first-order valence-electron chi connectivity index (χ1n) is 8.04. The van der Waals surface area contributed by atoms with E-state index in [4.69, 9.17) is 4.18 Å². The Morgan fingerprint density at radius 3 is 1.17 bits per heavy atom. The minimum atomic E-state index is -5.10. The summed E-state index contributed by atoms with van der Waals surface area (Å²) in [5.41, 5.74) is 0. The quantitative estimate of drug-likeness (QED) is 0.255. The molecule has 0 unspecified atom stereocenters. The van der Waals surface area contributed by atoms with Crippen LogP contribution >= 0.6 is 78.1 Å². The SMILES string of the molecule is O=C(OS(c1ccc(I)cc1)(c1ccc(I)cc1)c1ccc(I)cc1)C(F)(F)F. The monoisotopic (exact) mass is 754 g/mol. The van der Waals surface area contributed by atoms with Crippen LogP contribution in [-0.4, -0.2) is 12.1 Å². The van der Waals surface area contributed by atoms with Crippen LogP contribution in [0, 0.1) is 10.7 Å². The fraction of sp³-hybridized carbons (Fsp3) is 0.0500. The Bertz CT molecular complexity index is 894. The predicted molar refractivity (Wildman–Crippen MR) is 132 cm³/mol. The van der Waals surface area contributed by atoms with Crippen molar-refractivity contribution in [3.05, 3.63) is 83.5 Å². The highest BCUT2D eigenvalue weighted by Crippen LogP contribution is 2.69. The zero-order valence-electron chi connectivity index (χ0n) is 14.4. The molecule has 9 heteroatoms. The summed E-state index contributed by atoms with van der Waals surface area (Å²) in [6, 6.07) is 21.1. The molecule has 0 radical (unpaired) electrons. The van der Waals surface area contributed by atoms with Crippen molar-refractivity contribution < 1.29 is 22.1 Å². The lowest BCUT2D eigenvalue weighted by Gasteiger charge is -2.40. The van der Waals surface area contributed by atoms with Crippen molar-refractivity contribution in [2.45, 2.75) is 20.9 Å². The van der Waals surface area contributed by atoms with Gasteiger partial charge >= 0.3 is 12.1 Å². The summed E-state index contributed by atoms with van der Waals surface area (Å²) in [6.07, 6.45) is -5.10. The molecule has 0 saturated heterocycles. The molecule has 29 heavy (non-hydrogen) atoms. The van der Waals surface area contributed by atoms with E-state index in [1.165, 1.54) is 0 Å². The minimum Gasteiger partial charge on any atom is -0.395 e. The number of alkyl halides is 3.